The largest absolute Gasteiger partial charge is 0.461 e. The average Bonchev–Trinajstić information content (AvgIpc) is 1.95. The van der Waals surface area contributed by atoms with E-state index in [1.807, 2.05) is 21.1 Å². The quantitative estimate of drug-likeness (QED) is 0.221. The number of carbonyl (C=O) groups excluding carboxylic acids is 1. The lowest BCUT2D eigenvalue weighted by atomic mass is 10.4. The van der Waals surface area contributed by atoms with E-state index in [2.05, 4.69) is 12.0 Å². The number of esters is 1. The van der Waals surface area contributed by atoms with Gasteiger partial charge in [0.15, 0.2) is 0 Å². The summed E-state index contributed by atoms with van der Waals surface area (Å²) in [6.07, 6.45) is 0. The van der Waals surface area contributed by atoms with Crippen LogP contribution in [0.5, 0.6) is 0 Å². The molecule has 0 amide bonds. The Morgan fingerprint density at radius 1 is 1.46 bits per heavy atom. The number of nitrogens with zero attached hydrogens (tertiary/aromatic N) is 1. The lowest BCUT2D eigenvalue weighted by Gasteiger charge is -2.23. The maximum atomic E-state index is 10.9. The first kappa shape index (κ1) is 12.1. The fraction of sp³-hybridized carbons (Fsp3) is 0.667. The van der Waals surface area contributed by atoms with Crippen molar-refractivity contribution in [1.82, 2.24) is 5.43 Å². The molecule has 0 aromatic rings. The molecule has 0 aromatic heterocycles. The summed E-state index contributed by atoms with van der Waals surface area (Å²) >= 11 is 0. The van der Waals surface area contributed by atoms with Crippen LogP contribution in [0.3, 0.4) is 0 Å². The summed E-state index contributed by atoms with van der Waals surface area (Å²) in [7, 11) is 6.00. The molecule has 0 aliphatic heterocycles. The first-order valence-electron chi connectivity index (χ1n) is 4.22. The first-order chi connectivity index (χ1) is 5.83. The minimum atomic E-state index is -0.330. The van der Waals surface area contributed by atoms with E-state index in [0.717, 1.165) is 0 Å². The van der Waals surface area contributed by atoms with Crippen LogP contribution in [0.4, 0.5) is 0 Å². The second-order valence-electron chi connectivity index (χ2n) is 3.84. The maximum absolute atomic E-state index is 10.9. The van der Waals surface area contributed by atoms with Crippen LogP contribution in [-0.2, 0) is 9.53 Å². The molecule has 0 aliphatic rings. The Bertz CT molecular complexity index is 194. The molecule has 0 bridgehead atoms. The second kappa shape index (κ2) is 4.99. The minimum absolute atomic E-state index is 0.330. The Hall–Kier alpha value is -0.870. The third kappa shape index (κ3) is 7.49. The molecule has 0 spiro atoms. The SMILES string of the molecule is C=C(C)C(=O)OCCN[N+](C)(C)C. The van der Waals surface area contributed by atoms with E-state index < -0.39 is 0 Å². The Morgan fingerprint density at radius 2 is 2.00 bits per heavy atom. The molecule has 0 saturated carbocycles. The molecule has 4 heteroatoms. The van der Waals surface area contributed by atoms with Crippen LogP contribution in [-0.4, -0.2) is 44.9 Å². The van der Waals surface area contributed by atoms with Gasteiger partial charge in [0.1, 0.15) is 6.61 Å². The van der Waals surface area contributed by atoms with Gasteiger partial charge in [-0.2, -0.15) is 5.43 Å². The molecule has 13 heavy (non-hydrogen) atoms. The summed E-state index contributed by atoms with van der Waals surface area (Å²) in [5.74, 6) is -0.330. The summed E-state index contributed by atoms with van der Waals surface area (Å²) in [6.45, 7) is 6.14. The van der Waals surface area contributed by atoms with Crippen molar-refractivity contribution >= 4 is 5.97 Å². The monoisotopic (exact) mass is 187 g/mol. The first-order valence-corrected chi connectivity index (χ1v) is 4.22. The number of hydrogen-bond acceptors (Lipinski definition) is 3. The normalized spacial score (nSPS) is 11.1. The number of carbonyl (C=O) groups is 1. The molecule has 0 unspecified atom stereocenters. The van der Waals surface area contributed by atoms with Crippen LogP contribution >= 0.6 is 0 Å². The number of hydrogen-bond donors (Lipinski definition) is 1. The van der Waals surface area contributed by atoms with Crippen LogP contribution in [0.15, 0.2) is 12.2 Å². The van der Waals surface area contributed by atoms with Crippen molar-refractivity contribution in [2.45, 2.75) is 6.92 Å². The summed E-state index contributed by atoms with van der Waals surface area (Å²) in [5.41, 5.74) is 3.58. The molecule has 0 aliphatic carbocycles. The van der Waals surface area contributed by atoms with Gasteiger partial charge in [0.25, 0.3) is 0 Å². The van der Waals surface area contributed by atoms with Crippen LogP contribution < -0.4 is 5.43 Å². The van der Waals surface area contributed by atoms with Gasteiger partial charge in [0.2, 0.25) is 0 Å². The fourth-order valence-electron chi connectivity index (χ4n) is 0.648. The lowest BCUT2D eigenvalue weighted by Crippen LogP contribution is -2.49. The molecule has 0 rings (SSSR count). The summed E-state index contributed by atoms with van der Waals surface area (Å²) in [5, 5.41) is 0. The van der Waals surface area contributed by atoms with Crippen molar-refractivity contribution in [2.24, 2.45) is 0 Å². The van der Waals surface area contributed by atoms with Crippen LogP contribution in [0, 0.1) is 0 Å². The summed E-state index contributed by atoms with van der Waals surface area (Å²) in [4.78, 5) is 10.9. The highest BCUT2D eigenvalue weighted by atomic mass is 16.5. The summed E-state index contributed by atoms with van der Waals surface area (Å²) < 4.78 is 5.53. The van der Waals surface area contributed by atoms with Gasteiger partial charge in [-0.05, 0) is 6.92 Å². The molecule has 0 radical (unpaired) electrons. The van der Waals surface area contributed by atoms with E-state index >= 15 is 0 Å². The van der Waals surface area contributed by atoms with Gasteiger partial charge in [-0.3, -0.25) is 4.59 Å². The van der Waals surface area contributed by atoms with E-state index in [-0.39, 0.29) is 5.97 Å². The third-order valence-corrected chi connectivity index (χ3v) is 1.27. The van der Waals surface area contributed by atoms with E-state index in [9.17, 15) is 4.79 Å². The Kier molecular flexibility index (Phi) is 4.66. The second-order valence-corrected chi connectivity index (χ2v) is 3.84. The van der Waals surface area contributed by atoms with E-state index in [0.29, 0.717) is 23.3 Å². The molecule has 1 N–H and O–H groups in total. The third-order valence-electron chi connectivity index (χ3n) is 1.27. The van der Waals surface area contributed by atoms with Gasteiger partial charge >= 0.3 is 5.97 Å². The minimum Gasteiger partial charge on any atom is -0.461 e. The predicted octanol–water partition coefficient (Wildman–Crippen LogP) is 0.317. The van der Waals surface area contributed by atoms with Gasteiger partial charge in [0, 0.05) is 5.57 Å². The molecule has 76 valence electrons. The Labute approximate surface area is 79.7 Å². The van der Waals surface area contributed by atoms with Gasteiger partial charge in [-0.15, -0.1) is 0 Å². The smallest absolute Gasteiger partial charge is 0.333 e. The lowest BCUT2D eigenvalue weighted by molar-refractivity contribution is -0.915. The van der Waals surface area contributed by atoms with E-state index in [4.69, 9.17) is 4.74 Å². The number of nitrogens with one attached hydrogen (secondary N) is 1. The summed E-state index contributed by atoms with van der Waals surface area (Å²) in [6, 6.07) is 0. The topological polar surface area (TPSA) is 38.3 Å². The van der Waals surface area contributed by atoms with Crippen molar-refractivity contribution in [1.29, 1.82) is 0 Å². The number of ether oxygens (including phenoxy) is 1. The fourth-order valence-corrected chi connectivity index (χ4v) is 0.648. The molecule has 0 aromatic carbocycles. The number of quaternary nitrogens is 1. The van der Waals surface area contributed by atoms with Crippen LogP contribution in [0.2, 0.25) is 0 Å². The van der Waals surface area contributed by atoms with Crippen molar-refractivity contribution in [2.75, 3.05) is 34.3 Å². The Morgan fingerprint density at radius 3 is 2.38 bits per heavy atom. The van der Waals surface area contributed by atoms with Crippen molar-refractivity contribution in [3.63, 3.8) is 0 Å². The molecule has 4 nitrogen and oxygen atoms in total. The average molecular weight is 187 g/mol. The Balaban J connectivity index is 3.47. The number of rotatable bonds is 5. The highest BCUT2D eigenvalue weighted by Crippen LogP contribution is 1.91. The van der Waals surface area contributed by atoms with E-state index in [1.165, 1.54) is 0 Å². The van der Waals surface area contributed by atoms with Gasteiger partial charge in [0.05, 0.1) is 27.7 Å². The van der Waals surface area contributed by atoms with Gasteiger partial charge in [-0.25, -0.2) is 4.79 Å². The predicted molar refractivity (Wildman–Crippen MR) is 51.8 cm³/mol. The van der Waals surface area contributed by atoms with Crippen LogP contribution in [0.25, 0.3) is 0 Å². The zero-order valence-corrected chi connectivity index (χ0v) is 8.89. The van der Waals surface area contributed by atoms with Crippen molar-refractivity contribution in [3.8, 4) is 0 Å². The van der Waals surface area contributed by atoms with Crippen LogP contribution in [0.1, 0.15) is 6.92 Å². The molecule has 0 atom stereocenters. The van der Waals surface area contributed by atoms with Gasteiger partial charge < -0.3 is 4.74 Å². The highest BCUT2D eigenvalue weighted by Gasteiger charge is 2.06. The molecule has 0 saturated heterocycles. The molecular weight excluding hydrogens is 168 g/mol. The zero-order valence-electron chi connectivity index (χ0n) is 8.89. The molecule has 0 fully saturated rings. The molecule has 0 heterocycles. The van der Waals surface area contributed by atoms with Crippen molar-refractivity contribution < 1.29 is 14.1 Å². The zero-order chi connectivity index (χ0) is 10.5. The highest BCUT2D eigenvalue weighted by molar-refractivity contribution is 5.86. The van der Waals surface area contributed by atoms with E-state index in [1.54, 1.807) is 6.92 Å². The van der Waals surface area contributed by atoms with Crippen molar-refractivity contribution in [3.05, 3.63) is 12.2 Å². The van der Waals surface area contributed by atoms with Gasteiger partial charge in [-0.1, -0.05) is 6.58 Å². The maximum Gasteiger partial charge on any atom is 0.333 e. The standard InChI is InChI=1S/C9H19N2O2/c1-8(2)9(12)13-7-6-10-11(3,4)5/h10H,1,6-7H2,2-5H3/q+1. The molecular formula is C9H19N2O2+.